The molecule has 0 spiro atoms. The number of rotatable bonds is 0. The maximum Gasteiger partial charge on any atom is -0.0318 e. The van der Waals surface area contributed by atoms with E-state index < -0.39 is 0 Å². The van der Waals surface area contributed by atoms with Gasteiger partial charge >= 0.3 is 0 Å². The van der Waals surface area contributed by atoms with Gasteiger partial charge < -0.3 is 0 Å². The highest BCUT2D eigenvalue weighted by Crippen LogP contribution is 2.55. The summed E-state index contributed by atoms with van der Waals surface area (Å²) in [5, 5.41) is 0. The van der Waals surface area contributed by atoms with Gasteiger partial charge in [0.15, 0.2) is 0 Å². The number of hydrogen-bond donors (Lipinski definition) is 0. The molecular weight excluding hydrogens is 565 g/mol. The quantitative estimate of drug-likeness (QED) is 0.245. The third kappa shape index (κ3) is 11.2. The molecule has 0 aromatic rings. The van der Waals surface area contributed by atoms with Gasteiger partial charge in [0.25, 0.3) is 0 Å². The molecule has 0 amide bonds. The minimum absolute atomic E-state index is 0.722. The Labute approximate surface area is 296 Å². The maximum atomic E-state index is 2.52. The van der Waals surface area contributed by atoms with Gasteiger partial charge in [0.2, 0.25) is 0 Å². The van der Waals surface area contributed by atoms with Gasteiger partial charge in [-0.25, -0.2) is 0 Å². The van der Waals surface area contributed by atoms with Crippen molar-refractivity contribution in [3.05, 3.63) is 0 Å². The first-order chi connectivity index (χ1) is 22.2. The monoisotopic (exact) mass is 651 g/mol. The predicted molar refractivity (Wildman–Crippen MR) is 208 cm³/mol. The molecule has 9 saturated carbocycles. The van der Waals surface area contributed by atoms with Gasteiger partial charge in [-0.3, -0.25) is 0 Å². The van der Waals surface area contributed by atoms with E-state index >= 15 is 0 Å². The molecule has 0 nitrogen and oxygen atoms in total. The third-order valence-corrected chi connectivity index (χ3v) is 16.4. The first-order valence-corrected chi connectivity index (χ1v) is 22.2. The topological polar surface area (TPSA) is 0 Å². The zero-order valence-corrected chi connectivity index (χ0v) is 33.8. The van der Waals surface area contributed by atoms with E-state index in [0.29, 0.717) is 0 Å². The third-order valence-electron chi connectivity index (χ3n) is 16.4. The minimum Gasteiger partial charge on any atom is -0.0625 e. The smallest absolute Gasteiger partial charge is 0.0318 e. The summed E-state index contributed by atoms with van der Waals surface area (Å²) in [4.78, 5) is 0. The van der Waals surface area contributed by atoms with Crippen molar-refractivity contribution >= 4 is 0 Å². The molecule has 8 bridgehead atoms. The normalized spacial score (nSPS) is 49.2. The minimum atomic E-state index is 0.722. The second-order valence-electron chi connectivity index (χ2n) is 22.1. The van der Waals surface area contributed by atoms with Crippen molar-refractivity contribution in [1.29, 1.82) is 0 Å². The van der Waals surface area contributed by atoms with Crippen LogP contribution in [0.5, 0.6) is 0 Å². The van der Waals surface area contributed by atoms with Crippen LogP contribution in [0, 0.1) is 81.3 Å². The van der Waals surface area contributed by atoms with E-state index in [0.717, 1.165) is 81.3 Å². The molecule has 0 saturated heterocycles. The van der Waals surface area contributed by atoms with Crippen LogP contribution < -0.4 is 0 Å². The fraction of sp³-hybridized carbons (Fsp3) is 1.00. The summed E-state index contributed by atoms with van der Waals surface area (Å²) in [5.74, 6) is 11.6. The van der Waals surface area contributed by atoms with Gasteiger partial charge in [0.05, 0.1) is 0 Å². The van der Waals surface area contributed by atoms with Crippen LogP contribution in [0.15, 0.2) is 0 Å². The molecule has 9 aliphatic rings. The molecule has 0 N–H and O–H groups in total. The Balaban J connectivity index is 0.000000117. The van der Waals surface area contributed by atoms with Crippen LogP contribution in [0.25, 0.3) is 0 Å². The molecule has 9 rings (SSSR count). The van der Waals surface area contributed by atoms with Crippen LogP contribution in [0.1, 0.15) is 216 Å². The Hall–Kier alpha value is 0. The molecule has 0 aliphatic heterocycles. The molecule has 9 aliphatic carbocycles. The van der Waals surface area contributed by atoms with Gasteiger partial charge in [0.1, 0.15) is 0 Å². The lowest BCUT2D eigenvalue weighted by molar-refractivity contribution is 0.0331. The molecular formula is C47H86. The van der Waals surface area contributed by atoms with Crippen LogP contribution in [-0.4, -0.2) is 0 Å². The fourth-order valence-corrected chi connectivity index (χ4v) is 14.1. The van der Waals surface area contributed by atoms with E-state index in [1.165, 1.54) is 135 Å². The summed E-state index contributed by atoms with van der Waals surface area (Å²) < 4.78 is 0. The number of fused-ring (bicyclic) bond motifs is 8. The first kappa shape index (κ1) is 38.2. The van der Waals surface area contributed by atoms with Crippen LogP contribution in [0.2, 0.25) is 0 Å². The van der Waals surface area contributed by atoms with E-state index in [2.05, 4.69) is 62.3 Å². The zero-order chi connectivity index (χ0) is 33.8. The molecule has 47 heavy (non-hydrogen) atoms. The summed E-state index contributed by atoms with van der Waals surface area (Å²) in [6.45, 7) is 22.1. The fourth-order valence-electron chi connectivity index (χ4n) is 14.1. The van der Waals surface area contributed by atoms with Crippen LogP contribution >= 0.6 is 0 Å². The van der Waals surface area contributed by atoms with Gasteiger partial charge in [0, 0.05) is 0 Å². The Morgan fingerprint density at radius 2 is 0.830 bits per heavy atom. The van der Waals surface area contributed by atoms with Crippen LogP contribution in [0.4, 0.5) is 0 Å². The lowest BCUT2D eigenvalue weighted by Crippen LogP contribution is -2.36. The zero-order valence-electron chi connectivity index (χ0n) is 33.8. The van der Waals surface area contributed by atoms with Crippen molar-refractivity contribution in [1.82, 2.24) is 0 Å². The van der Waals surface area contributed by atoms with Crippen molar-refractivity contribution in [3.63, 3.8) is 0 Å². The van der Waals surface area contributed by atoms with Crippen molar-refractivity contribution in [2.75, 3.05) is 0 Å². The standard InChI is InChI=1S/2C12H22.2C8H14.C7H14/c1-9-4-11-5-10(2)7-12(3,6-9)8-11;1-8-4-11-6-9(2)10(3)12(5-8)7-11;2*1-8-4-2-7(6-8)3-5-8;1-7-5-3-2-4-6-7/h9-11H,4-8H2,1-3H3;8-12H,4-7H2,1-3H3;2*7H,2-6H2,1H3;7H,2-6H2,1H3/t;8?,9?,10-,11?,12?;;;/m.0.../s1. The van der Waals surface area contributed by atoms with Gasteiger partial charge in [-0.15, -0.1) is 0 Å². The summed E-state index contributed by atoms with van der Waals surface area (Å²) in [5.41, 5.74) is 2.34. The molecule has 0 heteroatoms. The van der Waals surface area contributed by atoms with Crippen molar-refractivity contribution in [3.8, 4) is 0 Å². The van der Waals surface area contributed by atoms with Crippen LogP contribution in [0.3, 0.4) is 0 Å². The summed E-state index contributed by atoms with van der Waals surface area (Å²) in [6.07, 6.45) is 36.4. The largest absolute Gasteiger partial charge is 0.0625 e. The molecule has 7 atom stereocenters. The average molecular weight is 651 g/mol. The van der Waals surface area contributed by atoms with E-state index in [1.54, 1.807) is 19.3 Å². The van der Waals surface area contributed by atoms with Crippen molar-refractivity contribution in [2.45, 2.75) is 216 Å². The summed E-state index contributed by atoms with van der Waals surface area (Å²) in [6, 6.07) is 0. The molecule has 0 radical (unpaired) electrons. The van der Waals surface area contributed by atoms with Gasteiger partial charge in [-0.2, -0.15) is 0 Å². The lowest BCUT2D eigenvalue weighted by atomic mass is 9.58. The maximum absolute atomic E-state index is 2.52. The number of hydrogen-bond acceptors (Lipinski definition) is 0. The highest BCUT2D eigenvalue weighted by molar-refractivity contribution is 4.94. The Kier molecular flexibility index (Phi) is 13.5. The molecule has 6 unspecified atom stereocenters. The Morgan fingerprint density at radius 1 is 0.362 bits per heavy atom. The van der Waals surface area contributed by atoms with E-state index in [-0.39, 0.29) is 0 Å². The first-order valence-electron chi connectivity index (χ1n) is 22.2. The molecule has 0 aromatic carbocycles. The molecule has 9 fully saturated rings. The average Bonchev–Trinajstić information content (AvgIpc) is 3.76. The predicted octanol–water partition coefficient (Wildman–Crippen LogP) is 15.3. The molecule has 0 aromatic heterocycles. The lowest BCUT2D eigenvalue weighted by Gasteiger charge is -2.48. The van der Waals surface area contributed by atoms with E-state index in [1.807, 2.05) is 0 Å². The van der Waals surface area contributed by atoms with Crippen molar-refractivity contribution < 1.29 is 0 Å². The SMILES string of the molecule is CC12CCC(CC1)C2.CC12CCC(CC1)C2.CC1CC2CC(C)CC(C)(C1)C2.CC1CC2CC(C)[C@H](C)C(C1)C2.CC1CCCCC1. The molecule has 274 valence electrons. The Morgan fingerprint density at radius 3 is 1.19 bits per heavy atom. The van der Waals surface area contributed by atoms with Gasteiger partial charge in [-0.05, 0) is 203 Å². The van der Waals surface area contributed by atoms with Gasteiger partial charge in [-0.1, -0.05) is 94.4 Å². The highest BCUT2D eigenvalue weighted by Gasteiger charge is 2.42. The summed E-state index contributed by atoms with van der Waals surface area (Å²) >= 11 is 0. The second-order valence-corrected chi connectivity index (χ2v) is 22.1. The summed E-state index contributed by atoms with van der Waals surface area (Å²) in [7, 11) is 0. The Bertz CT molecular complexity index is 855. The second kappa shape index (κ2) is 16.6. The van der Waals surface area contributed by atoms with Crippen molar-refractivity contribution in [2.24, 2.45) is 81.3 Å². The highest BCUT2D eigenvalue weighted by atomic mass is 14.5. The molecule has 0 heterocycles. The van der Waals surface area contributed by atoms with Crippen LogP contribution in [-0.2, 0) is 0 Å². The van der Waals surface area contributed by atoms with E-state index in [4.69, 9.17) is 0 Å². The van der Waals surface area contributed by atoms with E-state index in [9.17, 15) is 0 Å².